The van der Waals surface area contributed by atoms with Gasteiger partial charge in [-0.05, 0) is 12.0 Å². The van der Waals surface area contributed by atoms with Crippen LogP contribution in [0.15, 0.2) is 30.3 Å². The predicted molar refractivity (Wildman–Crippen MR) is 70.6 cm³/mol. The normalized spacial score (nSPS) is 21.3. The SMILES string of the molecule is CC(=O)N(O)C(CN1CCC(O)C1)c1ccccc1. The molecule has 1 fully saturated rings. The molecule has 5 nitrogen and oxygen atoms in total. The largest absolute Gasteiger partial charge is 0.392 e. The van der Waals surface area contributed by atoms with Gasteiger partial charge in [0.05, 0.1) is 12.1 Å². The van der Waals surface area contributed by atoms with Crippen LogP contribution in [0.4, 0.5) is 0 Å². The molecule has 1 aliphatic rings. The third-order valence-electron chi connectivity index (χ3n) is 3.48. The fourth-order valence-corrected chi connectivity index (χ4v) is 2.44. The van der Waals surface area contributed by atoms with Crippen molar-refractivity contribution < 1.29 is 15.1 Å². The third-order valence-corrected chi connectivity index (χ3v) is 3.48. The fraction of sp³-hybridized carbons (Fsp3) is 0.500. The Labute approximate surface area is 113 Å². The number of likely N-dealkylation sites (tertiary alicyclic amines) is 1. The lowest BCUT2D eigenvalue weighted by Gasteiger charge is -2.29. The monoisotopic (exact) mass is 264 g/mol. The highest BCUT2D eigenvalue weighted by molar-refractivity contribution is 5.72. The Hall–Kier alpha value is -1.43. The van der Waals surface area contributed by atoms with E-state index >= 15 is 0 Å². The maximum atomic E-state index is 11.4. The van der Waals surface area contributed by atoms with Crippen molar-refractivity contribution in [1.29, 1.82) is 0 Å². The number of carbonyl (C=O) groups excluding carboxylic acids is 1. The van der Waals surface area contributed by atoms with Gasteiger partial charge in [-0.3, -0.25) is 14.9 Å². The first-order valence-electron chi connectivity index (χ1n) is 6.52. The lowest BCUT2D eigenvalue weighted by atomic mass is 10.1. The zero-order valence-corrected chi connectivity index (χ0v) is 11.1. The van der Waals surface area contributed by atoms with Crippen LogP contribution in [0.5, 0.6) is 0 Å². The van der Waals surface area contributed by atoms with Crippen molar-refractivity contribution in [2.75, 3.05) is 19.6 Å². The number of aliphatic hydroxyl groups is 1. The number of hydrogen-bond acceptors (Lipinski definition) is 4. The Kier molecular flexibility index (Phi) is 4.52. The van der Waals surface area contributed by atoms with Gasteiger partial charge in [0.2, 0.25) is 5.91 Å². The molecule has 1 aromatic rings. The topological polar surface area (TPSA) is 64.0 Å². The molecule has 2 rings (SSSR count). The zero-order chi connectivity index (χ0) is 13.8. The number of hydrogen-bond donors (Lipinski definition) is 2. The van der Waals surface area contributed by atoms with Crippen LogP contribution < -0.4 is 0 Å². The van der Waals surface area contributed by atoms with E-state index in [4.69, 9.17) is 0 Å². The van der Waals surface area contributed by atoms with Crippen LogP contribution in [-0.4, -0.2) is 51.9 Å². The average molecular weight is 264 g/mol. The fourth-order valence-electron chi connectivity index (χ4n) is 2.44. The molecule has 0 saturated carbocycles. The summed E-state index contributed by atoms with van der Waals surface area (Å²) in [4.78, 5) is 13.5. The Morgan fingerprint density at radius 1 is 1.47 bits per heavy atom. The molecule has 2 N–H and O–H groups in total. The lowest BCUT2D eigenvalue weighted by Crippen LogP contribution is -2.38. The van der Waals surface area contributed by atoms with E-state index in [1.54, 1.807) is 0 Å². The van der Waals surface area contributed by atoms with Crippen LogP contribution in [0.1, 0.15) is 24.9 Å². The molecule has 1 aliphatic heterocycles. The van der Waals surface area contributed by atoms with Gasteiger partial charge in [0.25, 0.3) is 0 Å². The summed E-state index contributed by atoms with van der Waals surface area (Å²) in [5, 5.41) is 20.3. The zero-order valence-electron chi connectivity index (χ0n) is 11.1. The molecule has 5 heteroatoms. The first-order valence-corrected chi connectivity index (χ1v) is 6.52. The molecule has 1 amide bonds. The standard InChI is InChI=1S/C14H20N2O3/c1-11(17)16(19)14(12-5-3-2-4-6-12)10-15-8-7-13(18)9-15/h2-6,13-14,18-19H,7-10H2,1H3. The minimum atomic E-state index is -0.399. The number of hydroxylamine groups is 2. The minimum Gasteiger partial charge on any atom is -0.392 e. The summed E-state index contributed by atoms with van der Waals surface area (Å²) in [6.45, 7) is 3.25. The highest BCUT2D eigenvalue weighted by Gasteiger charge is 2.28. The molecule has 1 heterocycles. The van der Waals surface area contributed by atoms with Crippen LogP contribution >= 0.6 is 0 Å². The molecule has 0 aromatic heterocycles. The van der Waals surface area contributed by atoms with Crippen molar-refractivity contribution in [2.24, 2.45) is 0 Å². The summed E-state index contributed by atoms with van der Waals surface area (Å²) in [7, 11) is 0. The Bertz CT molecular complexity index is 424. The van der Waals surface area contributed by atoms with E-state index in [1.165, 1.54) is 6.92 Å². The molecule has 0 spiro atoms. The number of nitrogens with zero attached hydrogens (tertiary/aromatic N) is 2. The van der Waals surface area contributed by atoms with E-state index in [0.717, 1.165) is 23.6 Å². The van der Waals surface area contributed by atoms with Gasteiger partial charge in [-0.1, -0.05) is 30.3 Å². The lowest BCUT2D eigenvalue weighted by molar-refractivity contribution is -0.175. The number of aliphatic hydroxyl groups excluding tert-OH is 1. The van der Waals surface area contributed by atoms with E-state index in [-0.39, 0.29) is 12.0 Å². The molecule has 0 radical (unpaired) electrons. The van der Waals surface area contributed by atoms with E-state index < -0.39 is 6.04 Å². The first kappa shape index (κ1) is 14.0. The summed E-state index contributed by atoms with van der Waals surface area (Å²) in [6.07, 6.45) is 0.438. The van der Waals surface area contributed by atoms with Crippen molar-refractivity contribution in [3.63, 3.8) is 0 Å². The van der Waals surface area contributed by atoms with Gasteiger partial charge in [-0.15, -0.1) is 0 Å². The van der Waals surface area contributed by atoms with Crippen molar-refractivity contribution in [1.82, 2.24) is 9.96 Å². The van der Waals surface area contributed by atoms with Crippen LogP contribution in [-0.2, 0) is 4.79 Å². The first-order chi connectivity index (χ1) is 9.08. The van der Waals surface area contributed by atoms with Gasteiger partial charge in [-0.2, -0.15) is 0 Å². The van der Waals surface area contributed by atoms with Gasteiger partial charge in [0.15, 0.2) is 0 Å². The minimum absolute atomic E-state index is 0.305. The highest BCUT2D eigenvalue weighted by Crippen LogP contribution is 2.22. The molecule has 104 valence electrons. The second kappa shape index (κ2) is 6.14. The molecular formula is C14H20N2O3. The summed E-state index contributed by atoms with van der Waals surface area (Å²) < 4.78 is 0. The van der Waals surface area contributed by atoms with Gasteiger partial charge in [0.1, 0.15) is 0 Å². The van der Waals surface area contributed by atoms with Gasteiger partial charge in [0, 0.05) is 26.6 Å². The van der Waals surface area contributed by atoms with Gasteiger partial charge in [-0.25, -0.2) is 5.06 Å². The van der Waals surface area contributed by atoms with E-state index in [2.05, 4.69) is 4.90 Å². The van der Waals surface area contributed by atoms with Crippen LogP contribution in [0.25, 0.3) is 0 Å². The van der Waals surface area contributed by atoms with Gasteiger partial charge >= 0.3 is 0 Å². The van der Waals surface area contributed by atoms with E-state index in [0.29, 0.717) is 13.1 Å². The summed E-state index contributed by atoms with van der Waals surface area (Å²) in [6, 6.07) is 9.05. The Morgan fingerprint density at radius 2 is 2.16 bits per heavy atom. The van der Waals surface area contributed by atoms with Crippen LogP contribution in [0.3, 0.4) is 0 Å². The van der Waals surface area contributed by atoms with Crippen molar-refractivity contribution in [2.45, 2.75) is 25.5 Å². The summed E-state index contributed by atoms with van der Waals surface area (Å²) >= 11 is 0. The van der Waals surface area contributed by atoms with Crippen LogP contribution in [0.2, 0.25) is 0 Å². The average Bonchev–Trinajstić information content (AvgIpc) is 2.81. The molecule has 1 saturated heterocycles. The molecule has 19 heavy (non-hydrogen) atoms. The third kappa shape index (κ3) is 3.53. The van der Waals surface area contributed by atoms with E-state index in [1.807, 2.05) is 30.3 Å². The number of carbonyl (C=O) groups is 1. The molecular weight excluding hydrogens is 244 g/mol. The summed E-state index contributed by atoms with van der Waals surface area (Å²) in [5.41, 5.74) is 0.890. The molecule has 0 bridgehead atoms. The molecule has 0 aliphatic carbocycles. The maximum Gasteiger partial charge on any atom is 0.243 e. The van der Waals surface area contributed by atoms with Crippen molar-refractivity contribution >= 4 is 5.91 Å². The molecule has 2 unspecified atom stereocenters. The smallest absolute Gasteiger partial charge is 0.243 e. The van der Waals surface area contributed by atoms with Gasteiger partial charge < -0.3 is 5.11 Å². The highest BCUT2D eigenvalue weighted by atomic mass is 16.5. The second-order valence-electron chi connectivity index (χ2n) is 4.99. The second-order valence-corrected chi connectivity index (χ2v) is 4.99. The van der Waals surface area contributed by atoms with Crippen LogP contribution in [0, 0.1) is 0 Å². The molecule has 1 aromatic carbocycles. The quantitative estimate of drug-likeness (QED) is 0.630. The Morgan fingerprint density at radius 3 is 2.68 bits per heavy atom. The number of β-amino-alcohol motifs (C(OH)–C–C–N with tert-alkyl or cyclic N) is 1. The van der Waals surface area contributed by atoms with E-state index in [9.17, 15) is 15.1 Å². The number of rotatable bonds is 4. The summed E-state index contributed by atoms with van der Waals surface area (Å²) in [5.74, 6) is -0.381. The van der Waals surface area contributed by atoms with Crippen molar-refractivity contribution in [3.8, 4) is 0 Å². The predicted octanol–water partition coefficient (Wildman–Crippen LogP) is 1.03. The molecule has 2 atom stereocenters. The van der Waals surface area contributed by atoms with Crippen molar-refractivity contribution in [3.05, 3.63) is 35.9 Å². The maximum absolute atomic E-state index is 11.4. The number of amides is 1. The number of benzene rings is 1. The Balaban J connectivity index is 2.13.